The summed E-state index contributed by atoms with van der Waals surface area (Å²) in [5, 5.41) is 23.5. The van der Waals surface area contributed by atoms with Crippen LogP contribution in [0.25, 0.3) is 0 Å². The van der Waals surface area contributed by atoms with Crippen LogP contribution in [0.5, 0.6) is 0 Å². The Kier molecular flexibility index (Phi) is 3.71. The molecule has 8 heteroatoms. The first-order valence-corrected chi connectivity index (χ1v) is 6.96. The molecule has 0 radical (unpaired) electrons. The first-order valence-electron chi connectivity index (χ1n) is 6.58. The number of nitrogens with zero attached hydrogens (tertiary/aromatic N) is 3. The zero-order chi connectivity index (χ0) is 16.6. The van der Waals surface area contributed by atoms with Crippen molar-refractivity contribution in [2.75, 3.05) is 4.90 Å². The minimum Gasteiger partial charge on any atom is -0.410 e. The molecule has 0 atom stereocenters. The van der Waals surface area contributed by atoms with Gasteiger partial charge in [0.1, 0.15) is 0 Å². The number of hydrogen-bond acceptors (Lipinski definition) is 5. The number of amides is 1. The Morgan fingerprint density at radius 3 is 2.52 bits per heavy atom. The molecule has 0 aliphatic carbocycles. The number of rotatable bonds is 3. The molecule has 116 valence electrons. The van der Waals surface area contributed by atoms with Gasteiger partial charge in [0, 0.05) is 22.7 Å². The van der Waals surface area contributed by atoms with Crippen LogP contribution in [0.3, 0.4) is 0 Å². The average Bonchev–Trinajstić information content (AvgIpc) is 2.80. The van der Waals surface area contributed by atoms with E-state index in [1.54, 1.807) is 24.3 Å². The Morgan fingerprint density at radius 1 is 1.22 bits per heavy atom. The maximum absolute atomic E-state index is 12.4. The van der Waals surface area contributed by atoms with Crippen molar-refractivity contribution in [1.82, 2.24) is 0 Å². The van der Waals surface area contributed by atoms with E-state index in [1.165, 1.54) is 23.1 Å². The van der Waals surface area contributed by atoms with Gasteiger partial charge in [0.15, 0.2) is 5.71 Å². The van der Waals surface area contributed by atoms with Crippen LogP contribution in [-0.4, -0.2) is 21.7 Å². The lowest BCUT2D eigenvalue weighted by Gasteiger charge is -2.16. The Morgan fingerprint density at radius 2 is 1.91 bits per heavy atom. The van der Waals surface area contributed by atoms with Crippen LogP contribution >= 0.6 is 11.6 Å². The normalized spacial score (nSPS) is 15.1. The van der Waals surface area contributed by atoms with E-state index >= 15 is 0 Å². The number of hydrogen-bond donors (Lipinski definition) is 1. The molecule has 0 saturated carbocycles. The maximum atomic E-state index is 12.4. The van der Waals surface area contributed by atoms with Crippen molar-refractivity contribution in [1.29, 1.82) is 0 Å². The van der Waals surface area contributed by atoms with Crippen LogP contribution in [0.1, 0.15) is 11.1 Å². The summed E-state index contributed by atoms with van der Waals surface area (Å²) in [6.45, 7) is 0.236. The summed E-state index contributed by atoms with van der Waals surface area (Å²) >= 11 is 5.83. The molecule has 0 unspecified atom stereocenters. The van der Waals surface area contributed by atoms with Gasteiger partial charge in [0.25, 0.3) is 11.6 Å². The molecular weight excluding hydrogens is 322 g/mol. The van der Waals surface area contributed by atoms with Crippen molar-refractivity contribution in [3.8, 4) is 0 Å². The number of benzene rings is 2. The van der Waals surface area contributed by atoms with Crippen LogP contribution in [-0.2, 0) is 11.3 Å². The largest absolute Gasteiger partial charge is 0.410 e. The molecule has 0 spiro atoms. The van der Waals surface area contributed by atoms with Gasteiger partial charge in [-0.25, -0.2) is 0 Å². The molecule has 0 bridgehead atoms. The summed E-state index contributed by atoms with van der Waals surface area (Å²) in [4.78, 5) is 24.1. The predicted molar refractivity (Wildman–Crippen MR) is 84.1 cm³/mol. The molecule has 2 aromatic rings. The number of fused-ring (bicyclic) bond motifs is 1. The summed E-state index contributed by atoms with van der Waals surface area (Å²) in [6.07, 6.45) is 0. The third-order valence-corrected chi connectivity index (χ3v) is 3.79. The van der Waals surface area contributed by atoms with Crippen molar-refractivity contribution in [2.45, 2.75) is 6.54 Å². The number of oxime groups is 1. The van der Waals surface area contributed by atoms with Crippen LogP contribution in [0.4, 0.5) is 11.4 Å². The highest BCUT2D eigenvalue weighted by Crippen LogP contribution is 2.33. The van der Waals surface area contributed by atoms with E-state index in [9.17, 15) is 14.9 Å². The molecule has 1 aliphatic heterocycles. The fourth-order valence-electron chi connectivity index (χ4n) is 2.44. The van der Waals surface area contributed by atoms with Gasteiger partial charge in [-0.1, -0.05) is 28.9 Å². The molecule has 23 heavy (non-hydrogen) atoms. The molecule has 7 nitrogen and oxygen atoms in total. The van der Waals surface area contributed by atoms with Crippen molar-refractivity contribution < 1.29 is 14.9 Å². The SMILES string of the molecule is O=C1/C(=N\O)c2cc([N+](=O)[O-])ccc2N1Cc1ccc(Cl)cc1. The molecule has 1 heterocycles. The number of halogens is 1. The van der Waals surface area contributed by atoms with E-state index in [0.29, 0.717) is 10.7 Å². The lowest BCUT2D eigenvalue weighted by atomic mass is 10.1. The average molecular weight is 332 g/mol. The first kappa shape index (κ1) is 15.0. The summed E-state index contributed by atoms with van der Waals surface area (Å²) in [7, 11) is 0. The van der Waals surface area contributed by atoms with E-state index in [-0.39, 0.29) is 23.5 Å². The van der Waals surface area contributed by atoms with E-state index in [2.05, 4.69) is 5.16 Å². The number of nitro benzene ring substituents is 1. The van der Waals surface area contributed by atoms with Gasteiger partial charge in [-0.3, -0.25) is 14.9 Å². The zero-order valence-electron chi connectivity index (χ0n) is 11.6. The van der Waals surface area contributed by atoms with Gasteiger partial charge in [-0.2, -0.15) is 0 Å². The Labute approximate surface area is 135 Å². The topological polar surface area (TPSA) is 96.0 Å². The van der Waals surface area contributed by atoms with Crippen LogP contribution in [0.2, 0.25) is 5.02 Å². The second kappa shape index (κ2) is 5.69. The Hall–Kier alpha value is -2.93. The third kappa shape index (κ3) is 2.62. The monoisotopic (exact) mass is 331 g/mol. The van der Waals surface area contributed by atoms with Crippen molar-refractivity contribution >= 4 is 34.6 Å². The number of carbonyl (C=O) groups is 1. The van der Waals surface area contributed by atoms with Gasteiger partial charge in [-0.05, 0) is 23.8 Å². The summed E-state index contributed by atoms with van der Waals surface area (Å²) in [6, 6.07) is 11.0. The molecule has 2 aromatic carbocycles. The minimum absolute atomic E-state index is 0.175. The molecule has 1 amide bonds. The van der Waals surface area contributed by atoms with Gasteiger partial charge in [0.05, 0.1) is 17.2 Å². The van der Waals surface area contributed by atoms with Gasteiger partial charge >= 0.3 is 0 Å². The molecule has 1 N–H and O–H groups in total. The summed E-state index contributed by atoms with van der Waals surface area (Å²) in [5.74, 6) is -0.516. The van der Waals surface area contributed by atoms with E-state index in [4.69, 9.17) is 16.8 Å². The van der Waals surface area contributed by atoms with E-state index < -0.39 is 10.8 Å². The second-order valence-electron chi connectivity index (χ2n) is 4.92. The molecule has 3 rings (SSSR count). The number of carbonyl (C=O) groups excluding carboxylic acids is 1. The number of nitro groups is 1. The smallest absolute Gasteiger partial charge is 0.281 e. The predicted octanol–water partition coefficient (Wildman–Crippen LogP) is 2.97. The highest BCUT2D eigenvalue weighted by molar-refractivity contribution is 6.54. The molecule has 1 aliphatic rings. The fourth-order valence-corrected chi connectivity index (χ4v) is 2.57. The number of non-ortho nitro benzene ring substituents is 1. The van der Waals surface area contributed by atoms with Crippen molar-refractivity contribution in [3.63, 3.8) is 0 Å². The van der Waals surface area contributed by atoms with E-state index in [0.717, 1.165) is 5.56 Å². The zero-order valence-corrected chi connectivity index (χ0v) is 12.4. The Balaban J connectivity index is 2.02. The van der Waals surface area contributed by atoms with Crippen molar-refractivity contribution in [3.05, 3.63) is 68.7 Å². The maximum Gasteiger partial charge on any atom is 0.281 e. The first-order chi connectivity index (χ1) is 11.0. The molecule has 0 fully saturated rings. The minimum atomic E-state index is -0.568. The summed E-state index contributed by atoms with van der Waals surface area (Å²) < 4.78 is 0. The van der Waals surface area contributed by atoms with E-state index in [1.807, 2.05) is 0 Å². The quantitative estimate of drug-likeness (QED) is 0.531. The summed E-state index contributed by atoms with van der Waals surface area (Å²) in [5.41, 5.74) is 1.14. The van der Waals surface area contributed by atoms with Gasteiger partial charge in [0.2, 0.25) is 0 Å². The lowest BCUT2D eigenvalue weighted by Crippen LogP contribution is -2.29. The third-order valence-electron chi connectivity index (χ3n) is 3.54. The van der Waals surface area contributed by atoms with Crippen LogP contribution in [0.15, 0.2) is 47.6 Å². The highest BCUT2D eigenvalue weighted by atomic mass is 35.5. The van der Waals surface area contributed by atoms with Gasteiger partial charge < -0.3 is 10.1 Å². The van der Waals surface area contributed by atoms with Crippen molar-refractivity contribution in [2.24, 2.45) is 5.16 Å². The lowest BCUT2D eigenvalue weighted by molar-refractivity contribution is -0.384. The van der Waals surface area contributed by atoms with Gasteiger partial charge in [-0.15, -0.1) is 0 Å². The molecule has 0 aromatic heterocycles. The fraction of sp³-hybridized carbons (Fsp3) is 0.0667. The second-order valence-corrected chi connectivity index (χ2v) is 5.36. The number of anilines is 1. The highest BCUT2D eigenvalue weighted by Gasteiger charge is 2.35. The van der Waals surface area contributed by atoms with Crippen LogP contribution in [0, 0.1) is 10.1 Å². The standard InChI is InChI=1S/C15H10ClN3O4/c16-10-3-1-9(2-4-10)8-18-13-6-5-11(19(22)23)7-12(13)14(17-21)15(18)20/h1-7,21H,8H2/b17-14-. The molecular formula is C15H10ClN3O4. The molecule has 0 saturated heterocycles. The Bertz CT molecular complexity index is 833. The van der Waals surface area contributed by atoms with Crippen LogP contribution < -0.4 is 4.90 Å².